The van der Waals surface area contributed by atoms with Gasteiger partial charge in [-0.15, -0.1) is 0 Å². The molecule has 1 saturated heterocycles. The Morgan fingerprint density at radius 2 is 2.19 bits per heavy atom. The number of aryl methyl sites for hydroxylation is 1. The van der Waals surface area contributed by atoms with Crippen LogP contribution in [0.1, 0.15) is 23.5 Å². The van der Waals surface area contributed by atoms with Crippen molar-refractivity contribution in [1.29, 1.82) is 0 Å². The van der Waals surface area contributed by atoms with Crippen LogP contribution in [0.5, 0.6) is 0 Å². The summed E-state index contributed by atoms with van der Waals surface area (Å²) in [4.78, 5) is 13.6. The Kier molecular flexibility index (Phi) is 3.39. The average Bonchev–Trinajstić information content (AvgIpc) is 2.69. The van der Waals surface area contributed by atoms with Gasteiger partial charge >= 0.3 is 0 Å². The first-order chi connectivity index (χ1) is 7.72. The highest BCUT2D eigenvalue weighted by molar-refractivity contribution is 5.64. The molecule has 2 heteroatoms. The van der Waals surface area contributed by atoms with Gasteiger partial charge in [-0.05, 0) is 44.0 Å². The molecule has 1 aromatic rings. The molecule has 1 aromatic carbocycles. The predicted molar refractivity (Wildman–Crippen MR) is 65.6 cm³/mol. The zero-order valence-corrected chi connectivity index (χ0v) is 10.0. The van der Waals surface area contributed by atoms with Crippen LogP contribution in [0.2, 0.25) is 0 Å². The van der Waals surface area contributed by atoms with Crippen LogP contribution in [0, 0.1) is 12.8 Å². The van der Waals surface area contributed by atoms with Gasteiger partial charge in [-0.3, -0.25) is 0 Å². The predicted octanol–water partition coefficient (Wildman–Crippen LogP) is 2.23. The van der Waals surface area contributed by atoms with E-state index in [1.807, 2.05) is 12.1 Å². The van der Waals surface area contributed by atoms with E-state index in [0.717, 1.165) is 25.8 Å². The van der Waals surface area contributed by atoms with Crippen LogP contribution in [0.25, 0.3) is 0 Å². The maximum Gasteiger partial charge on any atom is 0.127 e. The van der Waals surface area contributed by atoms with Crippen LogP contribution in [0.15, 0.2) is 24.3 Å². The standard InChI is InChI=1S/C14H19NO/c1-11-5-3-4-6-13(11)14(10-16)12-7-8-15(2)9-12/h3-6,10,12,14H,7-9H2,1-2H3. The highest BCUT2D eigenvalue weighted by atomic mass is 16.1. The molecule has 1 fully saturated rings. The van der Waals surface area contributed by atoms with Gasteiger partial charge < -0.3 is 9.69 Å². The Balaban J connectivity index is 2.23. The Morgan fingerprint density at radius 1 is 1.44 bits per heavy atom. The highest BCUT2D eigenvalue weighted by Crippen LogP contribution is 2.31. The highest BCUT2D eigenvalue weighted by Gasteiger charge is 2.29. The molecule has 0 bridgehead atoms. The lowest BCUT2D eigenvalue weighted by molar-refractivity contribution is -0.110. The number of aldehydes is 1. The van der Waals surface area contributed by atoms with E-state index in [9.17, 15) is 4.79 Å². The summed E-state index contributed by atoms with van der Waals surface area (Å²) in [6, 6.07) is 8.23. The van der Waals surface area contributed by atoms with Gasteiger partial charge in [0.2, 0.25) is 0 Å². The maximum atomic E-state index is 11.3. The van der Waals surface area contributed by atoms with Crippen molar-refractivity contribution in [3.05, 3.63) is 35.4 Å². The first-order valence-corrected chi connectivity index (χ1v) is 5.91. The average molecular weight is 217 g/mol. The normalized spacial score (nSPS) is 23.2. The van der Waals surface area contributed by atoms with Gasteiger partial charge in [0, 0.05) is 12.5 Å². The zero-order chi connectivity index (χ0) is 11.5. The van der Waals surface area contributed by atoms with Gasteiger partial charge in [0.1, 0.15) is 6.29 Å². The fraction of sp³-hybridized carbons (Fsp3) is 0.500. The number of hydrogen-bond donors (Lipinski definition) is 0. The summed E-state index contributed by atoms with van der Waals surface area (Å²) in [6.45, 7) is 4.24. The Morgan fingerprint density at radius 3 is 2.75 bits per heavy atom. The molecule has 0 spiro atoms. The maximum absolute atomic E-state index is 11.3. The molecule has 2 unspecified atom stereocenters. The van der Waals surface area contributed by atoms with Crippen LogP contribution in [0.3, 0.4) is 0 Å². The van der Waals surface area contributed by atoms with E-state index in [2.05, 4.69) is 31.0 Å². The van der Waals surface area contributed by atoms with Crippen molar-refractivity contribution in [2.75, 3.05) is 20.1 Å². The van der Waals surface area contributed by atoms with Crippen molar-refractivity contribution in [2.24, 2.45) is 5.92 Å². The molecular weight excluding hydrogens is 198 g/mol. The van der Waals surface area contributed by atoms with Crippen LogP contribution in [0.4, 0.5) is 0 Å². The van der Waals surface area contributed by atoms with Gasteiger partial charge in [0.15, 0.2) is 0 Å². The number of hydrogen-bond acceptors (Lipinski definition) is 2. The second-order valence-electron chi connectivity index (χ2n) is 4.83. The summed E-state index contributed by atoms with van der Waals surface area (Å²) in [5, 5.41) is 0. The van der Waals surface area contributed by atoms with Gasteiger partial charge in [0.25, 0.3) is 0 Å². The van der Waals surface area contributed by atoms with Crippen LogP contribution >= 0.6 is 0 Å². The molecule has 1 aliphatic rings. The van der Waals surface area contributed by atoms with E-state index in [1.165, 1.54) is 11.1 Å². The largest absolute Gasteiger partial charge is 0.306 e. The van der Waals surface area contributed by atoms with Crippen LogP contribution in [-0.4, -0.2) is 31.3 Å². The smallest absolute Gasteiger partial charge is 0.127 e. The quantitative estimate of drug-likeness (QED) is 0.724. The molecule has 0 aliphatic carbocycles. The summed E-state index contributed by atoms with van der Waals surface area (Å²) < 4.78 is 0. The molecule has 0 aromatic heterocycles. The number of carbonyl (C=O) groups excluding carboxylic acids is 1. The Bertz CT molecular complexity index is 375. The SMILES string of the molecule is Cc1ccccc1C(C=O)C1CCN(C)C1. The number of likely N-dealkylation sites (tertiary alicyclic amines) is 1. The Labute approximate surface area is 97.3 Å². The molecule has 0 saturated carbocycles. The minimum absolute atomic E-state index is 0.0751. The topological polar surface area (TPSA) is 20.3 Å². The third kappa shape index (κ3) is 2.17. The third-order valence-electron chi connectivity index (χ3n) is 3.63. The fourth-order valence-electron chi connectivity index (χ4n) is 2.66. The lowest BCUT2D eigenvalue weighted by atomic mass is 9.84. The van der Waals surface area contributed by atoms with Crippen molar-refractivity contribution in [1.82, 2.24) is 4.90 Å². The summed E-state index contributed by atoms with van der Waals surface area (Å²) in [7, 11) is 2.12. The van der Waals surface area contributed by atoms with Gasteiger partial charge in [-0.25, -0.2) is 0 Å². The molecule has 0 radical (unpaired) electrons. The molecule has 2 atom stereocenters. The minimum Gasteiger partial charge on any atom is -0.306 e. The monoisotopic (exact) mass is 217 g/mol. The van der Waals surface area contributed by atoms with Crippen molar-refractivity contribution in [2.45, 2.75) is 19.3 Å². The molecule has 0 amide bonds. The molecule has 0 N–H and O–H groups in total. The minimum atomic E-state index is 0.0751. The number of nitrogens with zero attached hydrogens (tertiary/aromatic N) is 1. The second kappa shape index (κ2) is 4.79. The summed E-state index contributed by atoms with van der Waals surface area (Å²) in [5.41, 5.74) is 2.44. The number of benzene rings is 1. The molecule has 16 heavy (non-hydrogen) atoms. The fourth-order valence-corrected chi connectivity index (χ4v) is 2.66. The molecular formula is C14H19NO. The number of carbonyl (C=O) groups is 1. The van der Waals surface area contributed by atoms with E-state index < -0.39 is 0 Å². The summed E-state index contributed by atoms with van der Waals surface area (Å²) >= 11 is 0. The first-order valence-electron chi connectivity index (χ1n) is 5.91. The van der Waals surface area contributed by atoms with Crippen molar-refractivity contribution in [3.8, 4) is 0 Å². The van der Waals surface area contributed by atoms with Gasteiger partial charge in [-0.1, -0.05) is 24.3 Å². The van der Waals surface area contributed by atoms with E-state index >= 15 is 0 Å². The lowest BCUT2D eigenvalue weighted by Gasteiger charge is -2.20. The van der Waals surface area contributed by atoms with E-state index in [4.69, 9.17) is 0 Å². The molecule has 86 valence electrons. The van der Waals surface area contributed by atoms with Crippen LogP contribution < -0.4 is 0 Å². The van der Waals surface area contributed by atoms with Crippen molar-refractivity contribution < 1.29 is 4.79 Å². The summed E-state index contributed by atoms with van der Waals surface area (Å²) in [5.74, 6) is 0.565. The van der Waals surface area contributed by atoms with Gasteiger partial charge in [-0.2, -0.15) is 0 Å². The number of rotatable bonds is 3. The molecule has 2 nitrogen and oxygen atoms in total. The lowest BCUT2D eigenvalue weighted by Crippen LogP contribution is -2.20. The third-order valence-corrected chi connectivity index (χ3v) is 3.63. The first kappa shape index (κ1) is 11.3. The van der Waals surface area contributed by atoms with E-state index in [-0.39, 0.29) is 5.92 Å². The summed E-state index contributed by atoms with van der Waals surface area (Å²) in [6.07, 6.45) is 2.26. The van der Waals surface area contributed by atoms with E-state index in [1.54, 1.807) is 0 Å². The molecule has 2 rings (SSSR count). The van der Waals surface area contributed by atoms with E-state index in [0.29, 0.717) is 5.92 Å². The molecule has 1 aliphatic heterocycles. The van der Waals surface area contributed by atoms with Crippen molar-refractivity contribution in [3.63, 3.8) is 0 Å². The zero-order valence-electron chi connectivity index (χ0n) is 10.0. The van der Waals surface area contributed by atoms with Crippen molar-refractivity contribution >= 4 is 6.29 Å². The molecule has 1 heterocycles. The van der Waals surface area contributed by atoms with Gasteiger partial charge in [0.05, 0.1) is 0 Å². The van der Waals surface area contributed by atoms with Crippen LogP contribution in [-0.2, 0) is 4.79 Å². The second-order valence-corrected chi connectivity index (χ2v) is 4.83. The Hall–Kier alpha value is -1.15.